The molecule has 0 radical (unpaired) electrons. The first-order chi connectivity index (χ1) is 9.46. The standard InChI is InChI=1S/C19H29P/c1-18(2,3)20(17-6-4-5-7-17)19-11-14-8-15(12-19)10-16(9-14)13-19/h4-7,14-17H,8-13H2,1-3H3. The number of rotatable bonds is 2. The third-order valence-electron chi connectivity index (χ3n) is 6.27. The van der Waals surface area contributed by atoms with Crippen molar-refractivity contribution >= 4 is 7.92 Å². The van der Waals surface area contributed by atoms with Crippen LogP contribution in [0.2, 0.25) is 0 Å². The Kier molecular flexibility index (Phi) is 3.02. The lowest BCUT2D eigenvalue weighted by atomic mass is 9.56. The molecular formula is C19H29P. The predicted molar refractivity (Wildman–Crippen MR) is 89.6 cm³/mol. The lowest BCUT2D eigenvalue weighted by Crippen LogP contribution is -2.52. The van der Waals surface area contributed by atoms with Gasteiger partial charge in [0.05, 0.1) is 0 Å². The van der Waals surface area contributed by atoms with Gasteiger partial charge in [0.1, 0.15) is 0 Å². The maximum atomic E-state index is 2.53. The molecule has 20 heavy (non-hydrogen) atoms. The monoisotopic (exact) mass is 288 g/mol. The summed E-state index contributed by atoms with van der Waals surface area (Å²) in [5.74, 6) is 3.26. The molecule has 4 saturated carbocycles. The van der Waals surface area contributed by atoms with Crippen LogP contribution in [0.15, 0.2) is 24.3 Å². The van der Waals surface area contributed by atoms with Gasteiger partial charge in [0, 0.05) is 5.66 Å². The summed E-state index contributed by atoms with van der Waals surface area (Å²) in [6.45, 7) is 7.58. The molecule has 0 N–H and O–H groups in total. The lowest BCUT2D eigenvalue weighted by Gasteiger charge is -2.63. The summed E-state index contributed by atoms with van der Waals surface area (Å²) >= 11 is 0. The molecule has 4 fully saturated rings. The summed E-state index contributed by atoms with van der Waals surface area (Å²) in [7, 11) is 0.0495. The first kappa shape index (κ1) is 13.6. The van der Waals surface area contributed by atoms with E-state index >= 15 is 0 Å². The molecule has 1 heteroatoms. The van der Waals surface area contributed by atoms with Crippen molar-refractivity contribution in [3.8, 4) is 0 Å². The van der Waals surface area contributed by atoms with Crippen LogP contribution in [-0.2, 0) is 0 Å². The van der Waals surface area contributed by atoms with Gasteiger partial charge in [-0.2, -0.15) is 0 Å². The van der Waals surface area contributed by atoms with Crippen molar-refractivity contribution in [2.75, 3.05) is 0 Å². The molecular weight excluding hydrogens is 259 g/mol. The van der Waals surface area contributed by atoms with Crippen LogP contribution in [0.5, 0.6) is 0 Å². The predicted octanol–water partition coefficient (Wildman–Crippen LogP) is 5.73. The summed E-state index contributed by atoms with van der Waals surface area (Å²) in [4.78, 5) is 0. The average Bonchev–Trinajstić information content (AvgIpc) is 2.77. The van der Waals surface area contributed by atoms with Gasteiger partial charge in [0.2, 0.25) is 0 Å². The van der Waals surface area contributed by atoms with Crippen LogP contribution < -0.4 is 0 Å². The SMILES string of the molecule is CC(C)(C)P(C1C=CC=C1)C12CC3CC(CC(C3)C1)C2. The first-order valence-corrected chi connectivity index (χ1v) is 10.0. The zero-order valence-corrected chi connectivity index (χ0v) is 14.2. The number of hydrogen-bond acceptors (Lipinski definition) is 0. The van der Waals surface area contributed by atoms with Gasteiger partial charge in [-0.1, -0.05) is 53.0 Å². The zero-order chi connectivity index (χ0) is 14.0. The van der Waals surface area contributed by atoms with Crippen molar-refractivity contribution < 1.29 is 0 Å². The van der Waals surface area contributed by atoms with Gasteiger partial charge in [-0.25, -0.2) is 0 Å². The molecule has 5 aliphatic rings. The Labute approximate surface area is 125 Å². The van der Waals surface area contributed by atoms with Crippen LogP contribution in [0.1, 0.15) is 59.3 Å². The Morgan fingerprint density at radius 1 is 0.850 bits per heavy atom. The summed E-state index contributed by atoms with van der Waals surface area (Å²) in [5, 5.41) is 1.22. The fourth-order valence-electron chi connectivity index (χ4n) is 6.43. The van der Waals surface area contributed by atoms with Crippen LogP contribution in [0.3, 0.4) is 0 Å². The van der Waals surface area contributed by atoms with Crippen molar-refractivity contribution in [3.63, 3.8) is 0 Å². The van der Waals surface area contributed by atoms with Crippen molar-refractivity contribution in [1.82, 2.24) is 0 Å². The van der Waals surface area contributed by atoms with Crippen molar-refractivity contribution in [1.29, 1.82) is 0 Å². The van der Waals surface area contributed by atoms with E-state index in [0.29, 0.717) is 5.16 Å². The van der Waals surface area contributed by atoms with Gasteiger partial charge in [0.15, 0.2) is 0 Å². The average molecular weight is 288 g/mol. The molecule has 5 aliphatic carbocycles. The second kappa shape index (κ2) is 4.45. The van der Waals surface area contributed by atoms with E-state index < -0.39 is 0 Å². The maximum absolute atomic E-state index is 2.53. The fourth-order valence-corrected chi connectivity index (χ4v) is 11.3. The smallest absolute Gasteiger partial charge is 0.0166 e. The summed E-state index contributed by atoms with van der Waals surface area (Å²) < 4.78 is 0. The normalized spacial score (nSPS) is 44.5. The highest BCUT2D eigenvalue weighted by atomic mass is 31.1. The van der Waals surface area contributed by atoms with Crippen LogP contribution in [0.25, 0.3) is 0 Å². The van der Waals surface area contributed by atoms with E-state index in [1.807, 2.05) is 0 Å². The highest BCUT2D eigenvalue weighted by Gasteiger charge is 2.57. The summed E-state index contributed by atoms with van der Waals surface area (Å²) in [6, 6.07) is 0. The van der Waals surface area contributed by atoms with Gasteiger partial charge in [-0.05, 0) is 66.6 Å². The maximum Gasteiger partial charge on any atom is 0.0166 e. The largest absolute Gasteiger partial charge is 0.0837 e. The third-order valence-corrected chi connectivity index (χ3v) is 10.2. The molecule has 1 unspecified atom stereocenters. The van der Waals surface area contributed by atoms with E-state index in [9.17, 15) is 0 Å². The molecule has 5 rings (SSSR count). The van der Waals surface area contributed by atoms with Gasteiger partial charge < -0.3 is 0 Å². The van der Waals surface area contributed by atoms with Gasteiger partial charge >= 0.3 is 0 Å². The Morgan fingerprint density at radius 2 is 1.30 bits per heavy atom. The van der Waals surface area contributed by atoms with Crippen molar-refractivity contribution in [2.24, 2.45) is 17.8 Å². The van der Waals surface area contributed by atoms with Crippen LogP contribution >= 0.6 is 7.92 Å². The first-order valence-electron chi connectivity index (χ1n) is 8.61. The topological polar surface area (TPSA) is 0 Å². The minimum atomic E-state index is 0.0495. The molecule has 1 atom stereocenters. The molecule has 0 saturated heterocycles. The zero-order valence-electron chi connectivity index (χ0n) is 13.3. The summed E-state index contributed by atoms with van der Waals surface area (Å²) in [6.07, 6.45) is 19.0. The van der Waals surface area contributed by atoms with Crippen molar-refractivity contribution in [2.45, 2.75) is 75.3 Å². The highest BCUT2D eigenvalue weighted by Crippen LogP contribution is 2.74. The minimum absolute atomic E-state index is 0.0495. The van der Waals surface area contributed by atoms with E-state index in [-0.39, 0.29) is 7.92 Å². The van der Waals surface area contributed by atoms with Gasteiger partial charge in [0.25, 0.3) is 0 Å². The van der Waals surface area contributed by atoms with E-state index in [1.165, 1.54) is 0 Å². The molecule has 0 spiro atoms. The van der Waals surface area contributed by atoms with E-state index in [2.05, 4.69) is 45.1 Å². The van der Waals surface area contributed by atoms with Gasteiger partial charge in [-0.15, -0.1) is 0 Å². The molecule has 0 nitrogen and oxygen atoms in total. The van der Waals surface area contributed by atoms with Gasteiger partial charge in [-0.3, -0.25) is 0 Å². The molecule has 0 heterocycles. The Bertz CT molecular complexity index is 404. The Balaban J connectivity index is 1.72. The van der Waals surface area contributed by atoms with E-state index in [1.54, 1.807) is 38.5 Å². The van der Waals surface area contributed by atoms with E-state index in [0.717, 1.165) is 28.6 Å². The molecule has 0 aromatic heterocycles. The molecule has 0 aliphatic heterocycles. The Morgan fingerprint density at radius 3 is 1.70 bits per heavy atom. The van der Waals surface area contributed by atoms with Crippen LogP contribution in [0.4, 0.5) is 0 Å². The molecule has 0 aromatic carbocycles. The fraction of sp³-hybridized carbons (Fsp3) is 0.789. The molecule has 0 amide bonds. The van der Waals surface area contributed by atoms with Crippen LogP contribution in [-0.4, -0.2) is 16.0 Å². The lowest BCUT2D eigenvalue weighted by molar-refractivity contribution is 0.0346. The quantitative estimate of drug-likeness (QED) is 0.569. The van der Waals surface area contributed by atoms with E-state index in [4.69, 9.17) is 0 Å². The second-order valence-electron chi connectivity index (χ2n) is 8.94. The molecule has 110 valence electrons. The summed E-state index contributed by atoms with van der Waals surface area (Å²) in [5.41, 5.74) is 0.765. The number of allylic oxidation sites excluding steroid dienone is 4. The minimum Gasteiger partial charge on any atom is -0.0837 e. The van der Waals surface area contributed by atoms with Crippen molar-refractivity contribution in [3.05, 3.63) is 24.3 Å². The van der Waals surface area contributed by atoms with Crippen LogP contribution in [0, 0.1) is 17.8 Å². The molecule has 4 bridgehead atoms. The molecule has 0 aromatic rings. The second-order valence-corrected chi connectivity index (χ2v) is 12.6. The third kappa shape index (κ3) is 2.06. The Hall–Kier alpha value is -0.0900. The highest BCUT2D eigenvalue weighted by molar-refractivity contribution is 7.62. The number of hydrogen-bond donors (Lipinski definition) is 0.